The molecule has 4 heteroatoms. The van der Waals surface area contributed by atoms with Crippen LogP contribution in [-0.2, 0) is 13.1 Å². The van der Waals surface area contributed by atoms with Gasteiger partial charge < -0.3 is 5.32 Å². The number of nitrogens with one attached hydrogen (secondary N) is 1. The third kappa shape index (κ3) is 2.95. The molecule has 96 valence electrons. The topological polar surface area (TPSA) is 24.9 Å². The third-order valence-corrected chi connectivity index (χ3v) is 4.11. The number of fused-ring (bicyclic) bond motifs is 1. The van der Waals surface area contributed by atoms with E-state index in [9.17, 15) is 0 Å². The lowest BCUT2D eigenvalue weighted by Crippen LogP contribution is -2.12. The van der Waals surface area contributed by atoms with Crippen molar-refractivity contribution in [2.45, 2.75) is 13.1 Å². The molecular formula is C15H13ClN2S. The summed E-state index contributed by atoms with van der Waals surface area (Å²) < 4.78 is 0.738. The van der Waals surface area contributed by atoms with Gasteiger partial charge in [-0.3, -0.25) is 0 Å². The molecule has 19 heavy (non-hydrogen) atoms. The van der Waals surface area contributed by atoms with Crippen LogP contribution in [0.25, 0.3) is 10.8 Å². The van der Waals surface area contributed by atoms with E-state index >= 15 is 0 Å². The molecule has 0 unspecified atom stereocenters. The lowest BCUT2D eigenvalue weighted by Gasteiger charge is -2.07. The molecule has 1 heterocycles. The third-order valence-electron chi connectivity index (χ3n) is 3.00. The van der Waals surface area contributed by atoms with Crippen molar-refractivity contribution < 1.29 is 0 Å². The van der Waals surface area contributed by atoms with E-state index in [1.807, 2.05) is 0 Å². The molecule has 3 rings (SSSR count). The van der Waals surface area contributed by atoms with Crippen LogP contribution < -0.4 is 5.32 Å². The molecule has 0 saturated carbocycles. The Hall–Kier alpha value is -1.42. The van der Waals surface area contributed by atoms with Gasteiger partial charge in [0.2, 0.25) is 0 Å². The molecule has 0 aliphatic rings. The van der Waals surface area contributed by atoms with Crippen molar-refractivity contribution in [1.29, 1.82) is 0 Å². The minimum atomic E-state index is 0.738. The summed E-state index contributed by atoms with van der Waals surface area (Å²) in [5.74, 6) is 0. The smallest absolute Gasteiger partial charge is 0.113 e. The predicted molar refractivity (Wildman–Crippen MR) is 81.6 cm³/mol. The summed E-state index contributed by atoms with van der Waals surface area (Å²) in [6.45, 7) is 1.58. The van der Waals surface area contributed by atoms with E-state index in [0.29, 0.717) is 0 Å². The van der Waals surface area contributed by atoms with Gasteiger partial charge in [0.05, 0.1) is 6.20 Å². The van der Waals surface area contributed by atoms with E-state index in [2.05, 4.69) is 52.8 Å². The zero-order chi connectivity index (χ0) is 13.1. The highest BCUT2D eigenvalue weighted by Crippen LogP contribution is 2.20. The normalized spacial score (nSPS) is 11.0. The fourth-order valence-electron chi connectivity index (χ4n) is 2.12. The van der Waals surface area contributed by atoms with Gasteiger partial charge in [-0.25, -0.2) is 4.98 Å². The number of hydrogen-bond acceptors (Lipinski definition) is 3. The standard InChI is InChI=1S/C15H13ClN2S/c16-14-9-18-15(19-14)10-17-8-12-6-3-5-11-4-1-2-7-13(11)12/h1-7,9,17H,8,10H2. The van der Waals surface area contributed by atoms with Crippen molar-refractivity contribution in [3.05, 3.63) is 63.6 Å². The van der Waals surface area contributed by atoms with E-state index in [-0.39, 0.29) is 0 Å². The first-order valence-electron chi connectivity index (χ1n) is 6.10. The van der Waals surface area contributed by atoms with E-state index in [1.165, 1.54) is 27.7 Å². The molecule has 0 saturated heterocycles. The van der Waals surface area contributed by atoms with Gasteiger partial charge in [0.25, 0.3) is 0 Å². The number of hydrogen-bond donors (Lipinski definition) is 1. The van der Waals surface area contributed by atoms with Crippen molar-refractivity contribution in [2.75, 3.05) is 0 Å². The number of halogens is 1. The van der Waals surface area contributed by atoms with Gasteiger partial charge in [-0.1, -0.05) is 54.1 Å². The molecule has 0 aliphatic carbocycles. The van der Waals surface area contributed by atoms with Gasteiger partial charge in [-0.05, 0) is 16.3 Å². The maximum atomic E-state index is 5.86. The summed E-state index contributed by atoms with van der Waals surface area (Å²) in [4.78, 5) is 4.23. The SMILES string of the molecule is Clc1cnc(CNCc2cccc3ccccc23)s1. The molecule has 0 bridgehead atoms. The van der Waals surface area contributed by atoms with Crippen molar-refractivity contribution >= 4 is 33.7 Å². The lowest BCUT2D eigenvalue weighted by atomic mass is 10.0. The van der Waals surface area contributed by atoms with Crippen LogP contribution in [0.3, 0.4) is 0 Å². The number of nitrogens with zero attached hydrogens (tertiary/aromatic N) is 1. The van der Waals surface area contributed by atoms with E-state index in [4.69, 9.17) is 11.6 Å². The minimum Gasteiger partial charge on any atom is -0.306 e. The minimum absolute atomic E-state index is 0.738. The van der Waals surface area contributed by atoms with Crippen molar-refractivity contribution in [2.24, 2.45) is 0 Å². The summed E-state index contributed by atoms with van der Waals surface area (Å²) >= 11 is 7.38. The number of rotatable bonds is 4. The van der Waals surface area contributed by atoms with Gasteiger partial charge >= 0.3 is 0 Å². The molecule has 0 fully saturated rings. The summed E-state index contributed by atoms with van der Waals surface area (Å²) in [7, 11) is 0. The van der Waals surface area contributed by atoms with Gasteiger partial charge in [0, 0.05) is 13.1 Å². The summed E-state index contributed by atoms with van der Waals surface area (Å²) in [6.07, 6.45) is 1.70. The van der Waals surface area contributed by atoms with Crippen LogP contribution in [0.1, 0.15) is 10.6 Å². The second kappa shape index (κ2) is 5.70. The molecule has 0 spiro atoms. The molecular weight excluding hydrogens is 276 g/mol. The Morgan fingerprint density at radius 2 is 1.89 bits per heavy atom. The number of thiazole rings is 1. The van der Waals surface area contributed by atoms with Crippen LogP contribution in [-0.4, -0.2) is 4.98 Å². The number of benzene rings is 2. The predicted octanol–water partition coefficient (Wildman–Crippen LogP) is 4.24. The van der Waals surface area contributed by atoms with Crippen LogP contribution in [0.15, 0.2) is 48.7 Å². The molecule has 3 aromatic rings. The van der Waals surface area contributed by atoms with Crippen molar-refractivity contribution in [3.8, 4) is 0 Å². The van der Waals surface area contributed by atoms with Crippen LogP contribution in [0, 0.1) is 0 Å². The highest BCUT2D eigenvalue weighted by Gasteiger charge is 2.02. The average molecular weight is 289 g/mol. The van der Waals surface area contributed by atoms with Crippen molar-refractivity contribution in [3.63, 3.8) is 0 Å². The summed E-state index contributed by atoms with van der Waals surface area (Å²) in [5.41, 5.74) is 1.31. The van der Waals surface area contributed by atoms with Crippen LogP contribution in [0.2, 0.25) is 4.34 Å². The first-order chi connectivity index (χ1) is 9.33. The second-order valence-electron chi connectivity index (χ2n) is 4.30. The second-order valence-corrected chi connectivity index (χ2v) is 6.05. The van der Waals surface area contributed by atoms with Crippen LogP contribution in [0.4, 0.5) is 0 Å². The number of aromatic nitrogens is 1. The fraction of sp³-hybridized carbons (Fsp3) is 0.133. The molecule has 1 aromatic heterocycles. The van der Waals surface area contributed by atoms with Gasteiger partial charge in [-0.15, -0.1) is 11.3 Å². The Kier molecular flexibility index (Phi) is 3.78. The highest BCUT2D eigenvalue weighted by atomic mass is 35.5. The largest absolute Gasteiger partial charge is 0.306 e. The zero-order valence-electron chi connectivity index (χ0n) is 10.3. The highest BCUT2D eigenvalue weighted by molar-refractivity contribution is 7.15. The maximum Gasteiger partial charge on any atom is 0.113 e. The molecule has 1 N–H and O–H groups in total. The van der Waals surface area contributed by atoms with E-state index in [0.717, 1.165) is 22.4 Å². The van der Waals surface area contributed by atoms with E-state index < -0.39 is 0 Å². The Balaban J connectivity index is 1.71. The Morgan fingerprint density at radius 3 is 2.74 bits per heavy atom. The summed E-state index contributed by atoms with van der Waals surface area (Å²) in [5, 5.41) is 7.01. The first-order valence-corrected chi connectivity index (χ1v) is 7.30. The summed E-state index contributed by atoms with van der Waals surface area (Å²) in [6, 6.07) is 14.8. The maximum absolute atomic E-state index is 5.86. The van der Waals surface area contributed by atoms with E-state index in [1.54, 1.807) is 6.20 Å². The molecule has 0 amide bonds. The molecule has 2 aromatic carbocycles. The fourth-order valence-corrected chi connectivity index (χ4v) is 3.05. The van der Waals surface area contributed by atoms with Gasteiger partial charge in [-0.2, -0.15) is 0 Å². The molecule has 0 atom stereocenters. The van der Waals surface area contributed by atoms with Crippen molar-refractivity contribution in [1.82, 2.24) is 10.3 Å². The first kappa shape index (κ1) is 12.6. The van der Waals surface area contributed by atoms with Crippen LogP contribution in [0.5, 0.6) is 0 Å². The quantitative estimate of drug-likeness (QED) is 0.777. The Morgan fingerprint density at radius 1 is 1.05 bits per heavy atom. The molecule has 2 nitrogen and oxygen atoms in total. The Labute approximate surface area is 121 Å². The lowest BCUT2D eigenvalue weighted by molar-refractivity contribution is 0.693. The molecule has 0 aliphatic heterocycles. The zero-order valence-corrected chi connectivity index (χ0v) is 11.8. The monoisotopic (exact) mass is 288 g/mol. The Bertz CT molecular complexity index is 688. The van der Waals surface area contributed by atoms with Gasteiger partial charge in [0.1, 0.15) is 9.34 Å². The van der Waals surface area contributed by atoms with Crippen LogP contribution >= 0.6 is 22.9 Å². The average Bonchev–Trinajstić information content (AvgIpc) is 2.85. The molecule has 0 radical (unpaired) electrons. The van der Waals surface area contributed by atoms with Gasteiger partial charge in [0.15, 0.2) is 0 Å².